The molecule has 88 valence electrons. The molecule has 0 saturated heterocycles. The number of carbonyl (C=O) groups is 1. The summed E-state index contributed by atoms with van der Waals surface area (Å²) in [7, 11) is 1.54. The Morgan fingerprint density at radius 1 is 1.56 bits per heavy atom. The molecular formula is C11H13BrO4. The van der Waals surface area contributed by atoms with Crippen molar-refractivity contribution in [1.29, 1.82) is 0 Å². The Balaban J connectivity index is 2.83. The summed E-state index contributed by atoms with van der Waals surface area (Å²) >= 11 is 3.33. The molecule has 0 bridgehead atoms. The minimum atomic E-state index is -0.890. The van der Waals surface area contributed by atoms with Gasteiger partial charge in [-0.1, -0.05) is 6.07 Å². The molecule has 0 aromatic heterocycles. The van der Waals surface area contributed by atoms with Crippen LogP contribution >= 0.6 is 15.9 Å². The van der Waals surface area contributed by atoms with E-state index >= 15 is 0 Å². The number of rotatable bonds is 5. The SMILES string of the molecule is COc1cccc(Br)c1O[C@@H](C)CC(=O)O. The monoisotopic (exact) mass is 288 g/mol. The maximum Gasteiger partial charge on any atom is 0.307 e. The van der Waals surface area contributed by atoms with Crippen molar-refractivity contribution in [2.45, 2.75) is 19.4 Å². The lowest BCUT2D eigenvalue weighted by Gasteiger charge is -2.16. The zero-order valence-corrected chi connectivity index (χ0v) is 10.7. The van der Waals surface area contributed by atoms with Gasteiger partial charge in [-0.2, -0.15) is 0 Å². The smallest absolute Gasteiger partial charge is 0.307 e. The van der Waals surface area contributed by atoms with Crippen molar-refractivity contribution >= 4 is 21.9 Å². The topological polar surface area (TPSA) is 55.8 Å². The summed E-state index contributed by atoms with van der Waals surface area (Å²) < 4.78 is 11.4. The number of hydrogen-bond donors (Lipinski definition) is 1. The number of para-hydroxylation sites is 1. The average molecular weight is 289 g/mol. The number of halogens is 1. The van der Waals surface area contributed by atoms with Gasteiger partial charge in [0.1, 0.15) is 6.10 Å². The maximum atomic E-state index is 10.5. The molecule has 0 heterocycles. The molecular weight excluding hydrogens is 276 g/mol. The molecule has 1 N–H and O–H groups in total. The van der Waals surface area contributed by atoms with Crippen molar-refractivity contribution in [3.63, 3.8) is 0 Å². The fourth-order valence-electron chi connectivity index (χ4n) is 1.25. The molecule has 0 saturated carbocycles. The lowest BCUT2D eigenvalue weighted by molar-refractivity contribution is -0.138. The molecule has 1 atom stereocenters. The molecule has 0 unspecified atom stereocenters. The lowest BCUT2D eigenvalue weighted by atomic mass is 10.2. The van der Waals surface area contributed by atoms with E-state index in [0.29, 0.717) is 11.5 Å². The van der Waals surface area contributed by atoms with E-state index in [1.807, 2.05) is 12.1 Å². The fourth-order valence-corrected chi connectivity index (χ4v) is 1.69. The minimum Gasteiger partial charge on any atom is -0.493 e. The first-order valence-corrected chi connectivity index (χ1v) is 5.55. The van der Waals surface area contributed by atoms with Crippen LogP contribution in [0.3, 0.4) is 0 Å². The Morgan fingerprint density at radius 3 is 2.81 bits per heavy atom. The van der Waals surface area contributed by atoms with Crippen LogP contribution < -0.4 is 9.47 Å². The van der Waals surface area contributed by atoms with Gasteiger partial charge in [-0.05, 0) is 35.0 Å². The highest BCUT2D eigenvalue weighted by Crippen LogP contribution is 2.35. The molecule has 0 aliphatic carbocycles. The zero-order valence-electron chi connectivity index (χ0n) is 9.07. The van der Waals surface area contributed by atoms with E-state index in [1.165, 1.54) is 7.11 Å². The number of carboxylic acids is 1. The summed E-state index contributed by atoms with van der Waals surface area (Å²) in [6, 6.07) is 5.39. The van der Waals surface area contributed by atoms with E-state index in [-0.39, 0.29) is 6.42 Å². The van der Waals surface area contributed by atoms with Gasteiger partial charge in [-0.15, -0.1) is 0 Å². The fraction of sp³-hybridized carbons (Fsp3) is 0.364. The molecule has 0 radical (unpaired) electrons. The molecule has 0 fully saturated rings. The van der Waals surface area contributed by atoms with Gasteiger partial charge in [-0.25, -0.2) is 0 Å². The predicted octanol–water partition coefficient (Wildman–Crippen LogP) is 2.70. The van der Waals surface area contributed by atoms with Gasteiger partial charge in [-0.3, -0.25) is 4.79 Å². The third-order valence-electron chi connectivity index (χ3n) is 1.93. The number of benzene rings is 1. The van der Waals surface area contributed by atoms with Crippen molar-refractivity contribution in [2.24, 2.45) is 0 Å². The molecule has 4 nitrogen and oxygen atoms in total. The van der Waals surface area contributed by atoms with E-state index in [1.54, 1.807) is 13.0 Å². The molecule has 1 aromatic carbocycles. The molecule has 0 aliphatic heterocycles. The Hall–Kier alpha value is -1.23. The van der Waals surface area contributed by atoms with Crippen LogP contribution in [0.15, 0.2) is 22.7 Å². The van der Waals surface area contributed by atoms with E-state index in [9.17, 15) is 4.79 Å². The quantitative estimate of drug-likeness (QED) is 0.905. The first kappa shape index (κ1) is 12.8. The Morgan fingerprint density at radius 2 is 2.25 bits per heavy atom. The lowest BCUT2D eigenvalue weighted by Crippen LogP contribution is -2.17. The van der Waals surface area contributed by atoms with Gasteiger partial charge in [0.15, 0.2) is 11.5 Å². The zero-order chi connectivity index (χ0) is 12.1. The van der Waals surface area contributed by atoms with Crippen molar-refractivity contribution in [3.8, 4) is 11.5 Å². The van der Waals surface area contributed by atoms with Gasteiger partial charge in [0.05, 0.1) is 18.0 Å². The summed E-state index contributed by atoms with van der Waals surface area (Å²) in [6.45, 7) is 1.70. The van der Waals surface area contributed by atoms with Crippen molar-refractivity contribution < 1.29 is 19.4 Å². The highest BCUT2D eigenvalue weighted by Gasteiger charge is 2.14. The van der Waals surface area contributed by atoms with Crippen LogP contribution in [0.2, 0.25) is 0 Å². The molecule has 5 heteroatoms. The first-order valence-electron chi connectivity index (χ1n) is 4.75. The van der Waals surface area contributed by atoms with Crippen molar-refractivity contribution in [3.05, 3.63) is 22.7 Å². The second-order valence-electron chi connectivity index (χ2n) is 3.30. The number of methoxy groups -OCH3 is 1. The van der Waals surface area contributed by atoms with Crippen molar-refractivity contribution in [2.75, 3.05) is 7.11 Å². The van der Waals surface area contributed by atoms with Gasteiger partial charge >= 0.3 is 5.97 Å². The van der Waals surface area contributed by atoms with Crippen LogP contribution in [0, 0.1) is 0 Å². The van der Waals surface area contributed by atoms with E-state index in [2.05, 4.69) is 15.9 Å². The molecule has 0 aliphatic rings. The molecule has 16 heavy (non-hydrogen) atoms. The third-order valence-corrected chi connectivity index (χ3v) is 2.56. The third kappa shape index (κ3) is 3.41. The van der Waals surface area contributed by atoms with E-state index in [0.717, 1.165) is 4.47 Å². The largest absolute Gasteiger partial charge is 0.493 e. The predicted molar refractivity (Wildman–Crippen MR) is 63.0 cm³/mol. The minimum absolute atomic E-state index is 0.0511. The van der Waals surface area contributed by atoms with Crippen LogP contribution in [0.4, 0.5) is 0 Å². The van der Waals surface area contributed by atoms with Crippen LogP contribution in [0.1, 0.15) is 13.3 Å². The van der Waals surface area contributed by atoms with Crippen molar-refractivity contribution in [1.82, 2.24) is 0 Å². The normalized spacial score (nSPS) is 11.9. The average Bonchev–Trinajstić information content (AvgIpc) is 2.20. The number of aliphatic carboxylic acids is 1. The first-order chi connectivity index (χ1) is 7.54. The second kappa shape index (κ2) is 5.75. The van der Waals surface area contributed by atoms with Crippen LogP contribution in [-0.4, -0.2) is 24.3 Å². The highest BCUT2D eigenvalue weighted by molar-refractivity contribution is 9.10. The molecule has 0 spiro atoms. The number of hydrogen-bond acceptors (Lipinski definition) is 3. The summed E-state index contributed by atoms with van der Waals surface area (Å²) in [5, 5.41) is 8.63. The highest BCUT2D eigenvalue weighted by atomic mass is 79.9. The molecule has 1 rings (SSSR count). The molecule has 0 amide bonds. The molecule has 1 aromatic rings. The van der Waals surface area contributed by atoms with Gasteiger partial charge in [0.2, 0.25) is 0 Å². The van der Waals surface area contributed by atoms with Gasteiger partial charge in [0, 0.05) is 0 Å². The summed E-state index contributed by atoms with van der Waals surface area (Å²) in [4.78, 5) is 10.5. The van der Waals surface area contributed by atoms with Crippen LogP contribution in [0.25, 0.3) is 0 Å². The Labute approximate surface area is 102 Å². The standard InChI is InChI=1S/C11H13BrO4/c1-7(6-10(13)14)16-11-8(12)4-3-5-9(11)15-2/h3-5,7H,6H2,1-2H3,(H,13,14)/t7-/m0/s1. The summed E-state index contributed by atoms with van der Waals surface area (Å²) in [5.74, 6) is 0.212. The number of carboxylic acid groups (broad SMARTS) is 1. The summed E-state index contributed by atoms with van der Waals surface area (Å²) in [5.41, 5.74) is 0. The van der Waals surface area contributed by atoms with Gasteiger partial charge < -0.3 is 14.6 Å². The van der Waals surface area contributed by atoms with Crippen LogP contribution in [-0.2, 0) is 4.79 Å². The second-order valence-corrected chi connectivity index (χ2v) is 4.15. The maximum absolute atomic E-state index is 10.5. The number of ether oxygens (including phenoxy) is 2. The summed E-state index contributed by atoms with van der Waals surface area (Å²) in [6.07, 6.45) is -0.463. The van der Waals surface area contributed by atoms with E-state index < -0.39 is 12.1 Å². The van der Waals surface area contributed by atoms with E-state index in [4.69, 9.17) is 14.6 Å². The van der Waals surface area contributed by atoms with Gasteiger partial charge in [0.25, 0.3) is 0 Å². The van der Waals surface area contributed by atoms with Crippen LogP contribution in [0.5, 0.6) is 11.5 Å². The Kier molecular flexibility index (Phi) is 4.61. The Bertz CT molecular complexity index is 378.